The van der Waals surface area contributed by atoms with Crippen LogP contribution in [0.2, 0.25) is 0 Å². The molecule has 3 aliphatic rings. The predicted octanol–water partition coefficient (Wildman–Crippen LogP) is 9.15. The number of hydrogen-bond acceptors (Lipinski definition) is 3. The van der Waals surface area contributed by atoms with Crippen molar-refractivity contribution < 1.29 is 9.31 Å². The minimum absolute atomic E-state index is 0.0752. The first-order valence-corrected chi connectivity index (χ1v) is 16.0. The van der Waals surface area contributed by atoms with Crippen LogP contribution in [-0.2, 0) is 17.3 Å². The van der Waals surface area contributed by atoms with Crippen molar-refractivity contribution in [2.24, 2.45) is 0 Å². The number of ether oxygens (including phenoxy) is 1. The molecule has 0 saturated carbocycles. The fraction of sp³-hybridized carbons (Fsp3) is 0.325. The van der Waals surface area contributed by atoms with Gasteiger partial charge in [0.15, 0.2) is 5.71 Å². The highest BCUT2D eigenvalue weighted by Gasteiger charge is 2.42. The van der Waals surface area contributed by atoms with Gasteiger partial charge in [0.1, 0.15) is 18.6 Å². The van der Waals surface area contributed by atoms with Crippen molar-refractivity contribution in [1.82, 2.24) is 0 Å². The summed E-state index contributed by atoms with van der Waals surface area (Å²) in [5, 5.41) is 0. The Morgan fingerprint density at radius 1 is 0.886 bits per heavy atom. The third-order valence-corrected chi connectivity index (χ3v) is 9.91. The van der Waals surface area contributed by atoms with E-state index in [1.165, 1.54) is 50.6 Å². The highest BCUT2D eigenvalue weighted by molar-refractivity contribution is 6.03. The molecule has 0 bridgehead atoms. The first kappa shape index (κ1) is 29.7. The van der Waals surface area contributed by atoms with Crippen molar-refractivity contribution >= 4 is 22.8 Å². The van der Waals surface area contributed by atoms with E-state index in [0.717, 1.165) is 42.9 Å². The molecule has 4 heteroatoms. The monoisotopic (exact) mass is 584 g/mol. The number of anilines is 2. The first-order chi connectivity index (χ1) is 21.0. The SMILES string of the molecule is CCc1ccc(OC2=C(/C=C/C3=[N+](C)c4ccccc4C3(C)C)CCC/C2=C\C=C2\N(C)c3ccc(N)cc3C2(C)C)cc1. The molecule has 3 aromatic rings. The summed E-state index contributed by atoms with van der Waals surface area (Å²) in [6, 6.07) is 23.5. The van der Waals surface area contributed by atoms with E-state index in [1.807, 2.05) is 6.07 Å². The molecule has 0 spiro atoms. The summed E-state index contributed by atoms with van der Waals surface area (Å²) >= 11 is 0. The smallest absolute Gasteiger partial charge is 0.209 e. The largest absolute Gasteiger partial charge is 0.457 e. The Hall–Kier alpha value is -4.31. The van der Waals surface area contributed by atoms with Crippen LogP contribution in [0.4, 0.5) is 17.1 Å². The number of aryl methyl sites for hydroxylation is 1. The van der Waals surface area contributed by atoms with Crippen molar-refractivity contribution in [2.45, 2.75) is 71.1 Å². The number of rotatable bonds is 6. The summed E-state index contributed by atoms with van der Waals surface area (Å²) in [4.78, 5) is 2.30. The zero-order valence-electron chi connectivity index (χ0n) is 27.4. The van der Waals surface area contributed by atoms with Gasteiger partial charge in [0.05, 0.1) is 5.41 Å². The van der Waals surface area contributed by atoms with Gasteiger partial charge in [-0.25, -0.2) is 0 Å². The highest BCUT2D eigenvalue weighted by Crippen LogP contribution is 2.48. The molecule has 0 saturated heterocycles. The molecule has 0 amide bonds. The second-order valence-corrected chi connectivity index (χ2v) is 13.4. The van der Waals surface area contributed by atoms with E-state index in [2.05, 4.69) is 143 Å². The normalized spacial score (nSPS) is 20.7. The molecule has 2 N–H and O–H groups in total. The minimum Gasteiger partial charge on any atom is -0.457 e. The van der Waals surface area contributed by atoms with Gasteiger partial charge >= 0.3 is 0 Å². The topological polar surface area (TPSA) is 41.5 Å². The molecule has 0 unspecified atom stereocenters. The van der Waals surface area contributed by atoms with Crippen LogP contribution in [0.1, 0.15) is 70.6 Å². The number of fused-ring (bicyclic) bond motifs is 2. The van der Waals surface area contributed by atoms with Crippen LogP contribution in [0.3, 0.4) is 0 Å². The third-order valence-electron chi connectivity index (χ3n) is 9.91. The zero-order chi connectivity index (χ0) is 31.2. The third kappa shape index (κ3) is 5.11. The van der Waals surface area contributed by atoms with E-state index in [0.29, 0.717) is 0 Å². The fourth-order valence-corrected chi connectivity index (χ4v) is 7.28. The van der Waals surface area contributed by atoms with Gasteiger partial charge in [-0.05, 0) is 104 Å². The molecule has 4 nitrogen and oxygen atoms in total. The number of benzene rings is 3. The molecule has 3 aromatic carbocycles. The predicted molar refractivity (Wildman–Crippen MR) is 185 cm³/mol. The molecule has 0 fully saturated rings. The highest BCUT2D eigenvalue weighted by atomic mass is 16.5. The number of likely N-dealkylation sites (N-methyl/N-ethyl adjacent to an activating group) is 1. The summed E-state index contributed by atoms with van der Waals surface area (Å²) in [5.41, 5.74) is 18.2. The number of nitrogens with two attached hydrogens (primary N) is 1. The van der Waals surface area contributed by atoms with Gasteiger partial charge in [-0.2, -0.15) is 4.58 Å². The Morgan fingerprint density at radius 3 is 2.36 bits per heavy atom. The van der Waals surface area contributed by atoms with Crippen LogP contribution in [-0.4, -0.2) is 24.4 Å². The van der Waals surface area contributed by atoms with Gasteiger partial charge in [-0.1, -0.05) is 57.2 Å². The number of hydrogen-bond donors (Lipinski definition) is 1. The lowest BCUT2D eigenvalue weighted by Crippen LogP contribution is -2.26. The average molecular weight is 585 g/mol. The average Bonchev–Trinajstić information content (AvgIpc) is 3.32. The fourth-order valence-electron chi connectivity index (χ4n) is 7.28. The molecule has 1 aliphatic carbocycles. The van der Waals surface area contributed by atoms with Crippen molar-refractivity contribution in [2.75, 3.05) is 24.7 Å². The summed E-state index contributed by atoms with van der Waals surface area (Å²) < 4.78 is 9.12. The molecule has 6 rings (SSSR count). The number of nitrogen functional groups attached to an aromatic ring is 1. The van der Waals surface area contributed by atoms with Gasteiger partial charge in [0.25, 0.3) is 0 Å². The van der Waals surface area contributed by atoms with Crippen molar-refractivity contribution in [3.8, 4) is 5.75 Å². The molecule has 0 aromatic heterocycles. The molecule has 0 radical (unpaired) electrons. The lowest BCUT2D eigenvalue weighted by atomic mass is 9.81. The van der Waals surface area contributed by atoms with E-state index < -0.39 is 0 Å². The molecule has 0 atom stereocenters. The number of para-hydroxylation sites is 1. The lowest BCUT2D eigenvalue weighted by molar-refractivity contribution is -0.401. The van der Waals surface area contributed by atoms with Crippen molar-refractivity contribution in [3.05, 3.63) is 130 Å². The molecule has 2 aliphatic heterocycles. The Morgan fingerprint density at radius 2 is 1.64 bits per heavy atom. The lowest BCUT2D eigenvalue weighted by Gasteiger charge is -2.25. The Bertz CT molecular complexity index is 1760. The summed E-state index contributed by atoms with van der Waals surface area (Å²) in [6.07, 6.45) is 13.3. The van der Waals surface area contributed by atoms with Gasteiger partial charge in [-0.15, -0.1) is 0 Å². The molecule has 226 valence electrons. The second kappa shape index (κ2) is 11.3. The number of nitrogens with zero attached hydrogens (tertiary/aromatic N) is 2. The van der Waals surface area contributed by atoms with E-state index >= 15 is 0 Å². The maximum Gasteiger partial charge on any atom is 0.209 e. The quantitative estimate of drug-likeness (QED) is 0.232. The van der Waals surface area contributed by atoms with E-state index in [1.54, 1.807) is 0 Å². The van der Waals surface area contributed by atoms with E-state index in [-0.39, 0.29) is 10.8 Å². The van der Waals surface area contributed by atoms with Gasteiger partial charge in [0, 0.05) is 47.2 Å². The van der Waals surface area contributed by atoms with E-state index in [4.69, 9.17) is 10.5 Å². The van der Waals surface area contributed by atoms with Gasteiger partial charge < -0.3 is 15.4 Å². The van der Waals surface area contributed by atoms with Crippen molar-refractivity contribution in [1.29, 1.82) is 0 Å². The molecular formula is C40H46N3O+. The Kier molecular flexibility index (Phi) is 7.65. The minimum atomic E-state index is -0.154. The number of allylic oxidation sites excluding steroid dienone is 7. The van der Waals surface area contributed by atoms with Crippen molar-refractivity contribution in [3.63, 3.8) is 0 Å². The maximum absolute atomic E-state index is 6.79. The first-order valence-electron chi connectivity index (χ1n) is 16.0. The molecular weight excluding hydrogens is 538 g/mol. The van der Waals surface area contributed by atoms with E-state index in [9.17, 15) is 0 Å². The summed E-state index contributed by atoms with van der Waals surface area (Å²) in [6.45, 7) is 11.4. The molecule has 44 heavy (non-hydrogen) atoms. The van der Waals surface area contributed by atoms with Crippen LogP contribution in [0, 0.1) is 0 Å². The van der Waals surface area contributed by atoms with Gasteiger partial charge in [0.2, 0.25) is 5.69 Å². The second-order valence-electron chi connectivity index (χ2n) is 13.4. The van der Waals surface area contributed by atoms with Crippen LogP contribution < -0.4 is 15.4 Å². The zero-order valence-corrected chi connectivity index (χ0v) is 27.4. The maximum atomic E-state index is 6.79. The Labute approximate surface area is 263 Å². The standard InChI is InChI=1S/C40H46N3O/c1-8-27-16-21-31(22-17-27)44-38-28(18-24-36-39(2,3)32-14-9-10-15-34(32)42(36)6)12-11-13-29(38)19-25-37-40(4,5)33-26-30(41)20-23-35(33)43(37)7/h9-10,14-26H,8,11-13,41H2,1-7H3/q+1. The Balaban J connectivity index is 1.41. The van der Waals surface area contributed by atoms with Crippen LogP contribution in [0.25, 0.3) is 0 Å². The summed E-state index contributed by atoms with van der Waals surface area (Å²) in [7, 11) is 4.33. The van der Waals surface area contributed by atoms with Crippen LogP contribution in [0.5, 0.6) is 5.75 Å². The van der Waals surface area contributed by atoms with Crippen LogP contribution in [0.15, 0.2) is 114 Å². The summed E-state index contributed by atoms with van der Waals surface area (Å²) in [5.74, 6) is 1.86. The van der Waals surface area contributed by atoms with Crippen LogP contribution >= 0.6 is 0 Å². The van der Waals surface area contributed by atoms with Gasteiger partial charge in [-0.3, -0.25) is 0 Å². The molecule has 2 heterocycles.